The summed E-state index contributed by atoms with van der Waals surface area (Å²) in [6.45, 7) is 22.6. The molecule has 143 heavy (non-hydrogen) atoms. The van der Waals surface area contributed by atoms with Crippen molar-refractivity contribution in [3.63, 3.8) is 0 Å². The van der Waals surface area contributed by atoms with Crippen molar-refractivity contribution in [2.24, 2.45) is 105 Å². The van der Waals surface area contributed by atoms with E-state index in [4.69, 9.17) is 45.9 Å². The molecule has 8 amide bonds. The molecule has 0 aliphatic carbocycles. The van der Waals surface area contributed by atoms with Crippen LogP contribution in [0, 0.1) is 59.2 Å². The Bertz CT molecular complexity index is 4800. The number of sulfonamides is 8. The van der Waals surface area contributed by atoms with Gasteiger partial charge in [-0.05, 0) is 136 Å². The van der Waals surface area contributed by atoms with Gasteiger partial charge in [-0.25, -0.2) is 67.3 Å². The van der Waals surface area contributed by atoms with Gasteiger partial charge < -0.3 is 83.1 Å². The molecule has 0 aliphatic heterocycles. The number of nitrogens with two attached hydrogens (primary N) is 8. The van der Waals surface area contributed by atoms with Gasteiger partial charge in [0.15, 0.2) is 0 Å². The maximum Gasteiger partial charge on any atom is 0.235 e. The van der Waals surface area contributed by atoms with Gasteiger partial charge in [0.2, 0.25) is 127 Å². The van der Waals surface area contributed by atoms with Crippen LogP contribution in [0.4, 0.5) is 0 Å². The van der Waals surface area contributed by atoms with E-state index < -0.39 is 345 Å². The number of carbonyl (C=O) groups is 8. The van der Waals surface area contributed by atoms with Gasteiger partial charge in [-0.3, -0.25) is 38.4 Å². The zero-order valence-electron chi connectivity index (χ0n) is 88.9. The average molecular weight is 2210 g/mol. The van der Waals surface area contributed by atoms with Crippen LogP contribution in [0.2, 0.25) is 0 Å². The van der Waals surface area contributed by atoms with Crippen molar-refractivity contribution >= 4 is 127 Å². The van der Waals surface area contributed by atoms with E-state index in [1.54, 1.807) is 111 Å². The van der Waals surface area contributed by atoms with Gasteiger partial charge in [0, 0.05) is 127 Å². The molecule has 47 nitrogen and oxygen atoms in total. The van der Waals surface area contributed by atoms with E-state index in [-0.39, 0.29) is 131 Å². The van der Waals surface area contributed by atoms with Gasteiger partial charge in [-0.2, -0.15) is 34.4 Å². The minimum Gasteiger partial charge on any atom is -0.369 e. The highest BCUT2D eigenvalue weighted by molar-refractivity contribution is 7.91. The Morgan fingerprint density at radius 1 is 0.217 bits per heavy atom. The molecule has 0 bridgehead atoms. The van der Waals surface area contributed by atoms with Crippen LogP contribution in [0.3, 0.4) is 0 Å². The number of nitrogens with zero attached hydrogens (tertiary/aromatic N) is 8. The van der Waals surface area contributed by atoms with E-state index in [0.29, 0.717) is 25.7 Å². The van der Waals surface area contributed by atoms with Crippen LogP contribution in [-0.2, 0) is 119 Å². The highest BCUT2D eigenvalue weighted by Crippen LogP contribution is 2.23. The first-order valence-corrected chi connectivity index (χ1v) is 62.8. The molecular weight excluding hydrogens is 2020 g/mol. The Hall–Kier alpha value is -5.24. The average Bonchev–Trinajstić information content (AvgIpc) is 0.814. The second-order valence-electron chi connectivity index (χ2n) is 41.9. The molecule has 0 rings (SSSR count). The standard InChI is InChI=1S/C88H185N23O24S8/c1-63(2)37-73(95)43-104(140(128,129)59-69(13)14)52-84(115)99-76(38-64(3)4)46-107(138(124,125)35-31-93)54-86(117)103-79(41-67(9)10)49-110(142(132,133)61-71(17)18)57-83(114)98-75(26-22-24-28-90)45-106(137(122,123)34-30-92)53-85(116)101-80(42-68(11)12)50-111(143(134,135)62-72(19)20)58-88(119)100-77(39-65(5)6)47-108(139(126,127)36-32-94)55-87(118)102-78(40-66(7)8)48-109(141(130,131)60-70(15)16)56-82(113)97-74(25-21-23-27-89)44-105(51-81(96)112)136(120,121)33-29-91/h63-80H,21-62,89-95H2,1-20H3,(H2,96,112)(H,97,113)(H,98,114)(H,99,115)(H,100,119)(H,101,116)(H,102,118)(H,103,117)/t73-,74-,75-,76-,77-,78-,79-,80-/m0/s1. The predicted octanol–water partition coefficient (Wildman–Crippen LogP) is -2.76. The third kappa shape index (κ3) is 59.2. The first-order chi connectivity index (χ1) is 65.8. The molecule has 0 spiro atoms. The van der Waals surface area contributed by atoms with Crippen LogP contribution in [0.5, 0.6) is 0 Å². The number of amides is 8. The number of rotatable bonds is 83. The first kappa shape index (κ1) is 138. The predicted molar refractivity (Wildman–Crippen MR) is 562 cm³/mol. The number of primary amides is 1. The van der Waals surface area contributed by atoms with Gasteiger partial charge in [-0.1, -0.05) is 151 Å². The Labute approximate surface area is 858 Å². The summed E-state index contributed by atoms with van der Waals surface area (Å²) in [6, 6.07) is -8.41. The fraction of sp³-hybridized carbons (Fsp3) is 0.909. The quantitative estimate of drug-likeness (QED) is 0.0274. The van der Waals surface area contributed by atoms with Crippen molar-refractivity contribution in [1.82, 2.24) is 71.7 Å². The fourth-order valence-electron chi connectivity index (χ4n) is 16.5. The minimum atomic E-state index is -4.57. The number of hydrogen-bond donors (Lipinski definition) is 15. The Balaban J connectivity index is 7.89. The molecule has 0 fully saturated rings. The maximum atomic E-state index is 14.8. The molecule has 0 saturated carbocycles. The summed E-state index contributed by atoms with van der Waals surface area (Å²) in [4.78, 5) is 114. The van der Waals surface area contributed by atoms with Crippen LogP contribution in [0.1, 0.15) is 216 Å². The monoisotopic (exact) mass is 2200 g/mol. The highest BCUT2D eigenvalue weighted by atomic mass is 32.2. The van der Waals surface area contributed by atoms with Gasteiger partial charge in [0.25, 0.3) is 0 Å². The second kappa shape index (κ2) is 67.1. The molecule has 0 aromatic carbocycles. The minimum absolute atomic E-state index is 0.00529. The second-order valence-corrected chi connectivity index (χ2v) is 58.3. The van der Waals surface area contributed by atoms with Crippen molar-refractivity contribution in [3.05, 3.63) is 0 Å². The van der Waals surface area contributed by atoms with E-state index in [0.717, 1.165) is 34.4 Å². The summed E-state index contributed by atoms with van der Waals surface area (Å²) >= 11 is 0. The molecule has 0 unspecified atom stereocenters. The third-order valence-corrected chi connectivity index (χ3v) is 37.8. The summed E-state index contributed by atoms with van der Waals surface area (Å²) in [5.74, 6) is -15.1. The van der Waals surface area contributed by atoms with Crippen molar-refractivity contribution in [2.45, 2.75) is 264 Å². The molecule has 23 N–H and O–H groups in total. The molecular formula is C88H185N23O24S8. The smallest absolute Gasteiger partial charge is 0.235 e. The summed E-state index contributed by atoms with van der Waals surface area (Å²) in [7, 11) is -35.1. The van der Waals surface area contributed by atoms with Gasteiger partial charge in [0.1, 0.15) is 0 Å². The largest absolute Gasteiger partial charge is 0.369 e. The molecule has 0 aliphatic rings. The summed E-state index contributed by atoms with van der Waals surface area (Å²) in [6.07, 6.45) is 2.30. The van der Waals surface area contributed by atoms with Gasteiger partial charge >= 0.3 is 0 Å². The lowest BCUT2D eigenvalue weighted by atomic mass is 10.0. The maximum absolute atomic E-state index is 14.8. The molecule has 8 atom stereocenters. The van der Waals surface area contributed by atoms with Crippen LogP contribution >= 0.6 is 0 Å². The number of unbranched alkanes of at least 4 members (excludes halogenated alkanes) is 2. The summed E-state index contributed by atoms with van der Waals surface area (Å²) in [5, 5.41) is 19.4. The lowest BCUT2D eigenvalue weighted by Crippen LogP contribution is -2.56. The topological polar surface area (TPSA) is 728 Å². The molecule has 0 radical (unpaired) electrons. The molecule has 0 aromatic heterocycles. The highest BCUT2D eigenvalue weighted by Gasteiger charge is 2.41. The SMILES string of the molecule is CC(C)C[C@H](N)CN(CC(=O)N[C@@H](CC(C)C)CN(CC(=O)N[C@@H](CC(C)C)CN(CC(=O)N[C@@H](CCCCN)CN(CC(=O)N[C@@H](CC(C)C)CN(CC(=O)N[C@@H](CC(C)C)CN(CC(=O)N[C@@H](CC(C)C)CN(CC(=O)N[C@@H](CCCCN)CN(CC(N)=O)S(=O)(=O)CCN)S(=O)(=O)CC(C)C)S(=O)(=O)CCN)S(=O)(=O)CC(C)C)S(=O)(=O)CCN)S(=O)(=O)CC(C)C)S(=O)(=O)CCN)S(=O)(=O)CC(C)C. The molecule has 844 valence electrons. The van der Waals surface area contributed by atoms with E-state index in [1.807, 2.05) is 27.7 Å². The number of hydrogen-bond acceptors (Lipinski definition) is 31. The lowest BCUT2D eigenvalue weighted by Gasteiger charge is -2.32. The summed E-state index contributed by atoms with van der Waals surface area (Å²) < 4.78 is 235. The van der Waals surface area contributed by atoms with Crippen LogP contribution < -0.4 is 83.1 Å². The molecule has 0 heterocycles. The third-order valence-electron chi connectivity index (χ3n) is 21.9. The van der Waals surface area contributed by atoms with Crippen molar-refractivity contribution in [1.29, 1.82) is 0 Å². The van der Waals surface area contributed by atoms with Crippen molar-refractivity contribution in [3.8, 4) is 0 Å². The van der Waals surface area contributed by atoms with Crippen molar-refractivity contribution < 1.29 is 106 Å². The summed E-state index contributed by atoms with van der Waals surface area (Å²) in [5.41, 5.74) is 46.7. The van der Waals surface area contributed by atoms with E-state index >= 15 is 0 Å². The normalized spacial score (nSPS) is 14.9. The molecule has 55 heteroatoms. The Kier molecular flexibility index (Phi) is 64.7. The Morgan fingerprint density at radius 2 is 0.385 bits per heavy atom. The number of carbonyl (C=O) groups excluding carboxylic acids is 8. The Morgan fingerprint density at radius 3 is 0.552 bits per heavy atom. The fourth-order valence-corrected chi connectivity index (χ4v) is 28.8. The van der Waals surface area contributed by atoms with E-state index in [9.17, 15) is 106 Å². The van der Waals surface area contributed by atoms with E-state index in [2.05, 4.69) is 37.2 Å². The zero-order chi connectivity index (χ0) is 110. The van der Waals surface area contributed by atoms with Crippen LogP contribution in [0.25, 0.3) is 0 Å². The van der Waals surface area contributed by atoms with Gasteiger partial charge in [0.05, 0.1) is 98.4 Å². The number of nitrogens with one attached hydrogen (secondary N) is 7. The first-order valence-electron chi connectivity index (χ1n) is 50.0. The lowest BCUT2D eigenvalue weighted by molar-refractivity contribution is -0.124. The van der Waals surface area contributed by atoms with Crippen LogP contribution in [0.15, 0.2) is 0 Å². The molecule has 0 saturated heterocycles. The van der Waals surface area contributed by atoms with E-state index in [1.165, 1.54) is 0 Å². The molecule has 0 aromatic rings. The zero-order valence-corrected chi connectivity index (χ0v) is 95.4. The van der Waals surface area contributed by atoms with Crippen LogP contribution in [-0.4, -0.2) is 387 Å². The van der Waals surface area contributed by atoms with Crippen molar-refractivity contribution in [2.75, 3.05) is 190 Å². The van der Waals surface area contributed by atoms with Gasteiger partial charge in [-0.15, -0.1) is 0 Å².